The molecule has 0 nitrogen and oxygen atoms in total. The summed E-state index contributed by atoms with van der Waals surface area (Å²) in [5.74, 6) is -5.46. The number of halogens is 7. The second-order valence-electron chi connectivity index (χ2n) is 15.1. The van der Waals surface area contributed by atoms with E-state index in [4.69, 9.17) is 0 Å². The fourth-order valence-corrected chi connectivity index (χ4v) is 6.58. The molecule has 0 spiro atoms. The van der Waals surface area contributed by atoms with Gasteiger partial charge in [0.1, 0.15) is 5.82 Å². The van der Waals surface area contributed by atoms with E-state index < -0.39 is 40.7 Å². The van der Waals surface area contributed by atoms with Gasteiger partial charge < -0.3 is 0 Å². The Labute approximate surface area is 352 Å². The molecule has 8 rings (SSSR count). The summed E-state index contributed by atoms with van der Waals surface area (Å²) in [6.45, 7) is 10.9. The molecule has 0 bridgehead atoms. The summed E-state index contributed by atoms with van der Waals surface area (Å²) in [6, 6.07) is 43.5. The maximum absolute atomic E-state index is 14.4. The van der Waals surface area contributed by atoms with Gasteiger partial charge in [0.05, 0.1) is 0 Å². The lowest BCUT2D eigenvalue weighted by Crippen LogP contribution is -1.94. The Morgan fingerprint density at radius 2 is 0.459 bits per heavy atom. The van der Waals surface area contributed by atoms with Gasteiger partial charge in [-0.1, -0.05) is 168 Å². The second-order valence-corrected chi connectivity index (χ2v) is 15.1. The van der Waals surface area contributed by atoms with Gasteiger partial charge in [0.25, 0.3) is 0 Å². The van der Waals surface area contributed by atoms with E-state index in [1.165, 1.54) is 25.1 Å². The van der Waals surface area contributed by atoms with Crippen molar-refractivity contribution in [2.45, 2.75) is 41.5 Å². The highest BCUT2D eigenvalue weighted by Crippen LogP contribution is 2.33. The zero-order valence-electron chi connectivity index (χ0n) is 34.6. The summed E-state index contributed by atoms with van der Waals surface area (Å²) in [4.78, 5) is 0. The van der Waals surface area contributed by atoms with Gasteiger partial charge in [-0.15, -0.1) is 0 Å². The minimum absolute atomic E-state index is 0.0578. The Bertz CT molecular complexity index is 2720. The molecule has 0 aliphatic rings. The van der Waals surface area contributed by atoms with E-state index in [0.717, 1.165) is 27.8 Å². The van der Waals surface area contributed by atoms with E-state index in [0.29, 0.717) is 38.9 Å². The number of hydrogen-bond acceptors (Lipinski definition) is 0. The van der Waals surface area contributed by atoms with Crippen molar-refractivity contribution >= 4 is 0 Å². The lowest BCUT2D eigenvalue weighted by atomic mass is 9.98. The average Bonchev–Trinajstić information content (AvgIpc) is 3.25. The van der Waals surface area contributed by atoms with Crippen LogP contribution in [0.2, 0.25) is 0 Å². The third-order valence-electron chi connectivity index (χ3n) is 10.4. The first kappa shape index (κ1) is 43.8. The summed E-state index contributed by atoms with van der Waals surface area (Å²) in [6.07, 6.45) is 0. The maximum Gasteiger partial charge on any atom is 0.167 e. The Morgan fingerprint density at radius 3 is 0.770 bits per heavy atom. The predicted molar refractivity (Wildman–Crippen MR) is 235 cm³/mol. The molecular formula is C54H43F7. The van der Waals surface area contributed by atoms with Gasteiger partial charge in [-0.25, -0.2) is 30.7 Å². The first-order valence-corrected chi connectivity index (χ1v) is 19.6. The van der Waals surface area contributed by atoms with Gasteiger partial charge in [0.15, 0.2) is 34.9 Å². The molecule has 0 radical (unpaired) electrons. The molecule has 0 aliphatic carbocycles. The summed E-state index contributed by atoms with van der Waals surface area (Å²) in [5.41, 5.74) is 9.38. The van der Waals surface area contributed by atoms with Crippen molar-refractivity contribution in [1.29, 1.82) is 0 Å². The fourth-order valence-electron chi connectivity index (χ4n) is 6.58. The van der Waals surface area contributed by atoms with Gasteiger partial charge in [0.2, 0.25) is 0 Å². The Morgan fingerprint density at radius 1 is 0.230 bits per heavy atom. The Hall–Kier alpha value is -6.73. The maximum atomic E-state index is 14.4. The molecule has 0 amide bonds. The van der Waals surface area contributed by atoms with Crippen molar-refractivity contribution in [3.8, 4) is 55.6 Å². The molecule has 61 heavy (non-hydrogen) atoms. The predicted octanol–water partition coefficient (Wildman–Crippen LogP) is 16.2. The van der Waals surface area contributed by atoms with E-state index in [1.807, 2.05) is 88.4 Å². The second kappa shape index (κ2) is 19.1. The molecule has 0 fully saturated rings. The van der Waals surface area contributed by atoms with Crippen LogP contribution in [-0.4, -0.2) is 0 Å². The highest BCUT2D eigenvalue weighted by Gasteiger charge is 2.17. The van der Waals surface area contributed by atoms with Crippen LogP contribution in [0.15, 0.2) is 152 Å². The van der Waals surface area contributed by atoms with Crippen LogP contribution in [0.4, 0.5) is 30.7 Å². The van der Waals surface area contributed by atoms with Crippen molar-refractivity contribution in [1.82, 2.24) is 0 Å². The molecule has 8 aromatic rings. The minimum Gasteiger partial charge on any atom is -0.206 e. The Kier molecular flexibility index (Phi) is 13.7. The largest absolute Gasteiger partial charge is 0.206 e. The Balaban J connectivity index is 0.000000156. The van der Waals surface area contributed by atoms with Crippen molar-refractivity contribution in [2.24, 2.45) is 0 Å². The molecule has 8 aromatic carbocycles. The van der Waals surface area contributed by atoms with Crippen LogP contribution < -0.4 is 0 Å². The van der Waals surface area contributed by atoms with E-state index in [-0.39, 0.29) is 22.3 Å². The van der Waals surface area contributed by atoms with Crippen LogP contribution >= 0.6 is 0 Å². The molecule has 0 aromatic heterocycles. The monoisotopic (exact) mass is 824 g/mol. The van der Waals surface area contributed by atoms with Crippen LogP contribution in [-0.2, 0) is 0 Å². The van der Waals surface area contributed by atoms with E-state index in [1.54, 1.807) is 79.7 Å². The summed E-state index contributed by atoms with van der Waals surface area (Å²) in [5, 5.41) is 0. The number of benzene rings is 8. The third kappa shape index (κ3) is 10.2. The van der Waals surface area contributed by atoms with Gasteiger partial charge in [-0.05, 0) is 86.6 Å². The molecule has 0 aliphatic heterocycles. The topological polar surface area (TPSA) is 0 Å². The van der Waals surface area contributed by atoms with Gasteiger partial charge in [-0.2, -0.15) is 0 Å². The molecule has 0 unspecified atom stereocenters. The fraction of sp³-hybridized carbons (Fsp3) is 0.111. The van der Waals surface area contributed by atoms with Gasteiger partial charge in [-0.3, -0.25) is 0 Å². The van der Waals surface area contributed by atoms with Crippen molar-refractivity contribution in [3.63, 3.8) is 0 Å². The third-order valence-corrected chi connectivity index (χ3v) is 10.4. The van der Waals surface area contributed by atoms with Crippen LogP contribution in [0.25, 0.3) is 55.6 Å². The molecular weight excluding hydrogens is 782 g/mol. The standard InChI is InChI=1S/C20H15F3.C20H16F2.C14H12F2/c1-12-3-6-14(7-4-12)16-10-8-15(11-18(16)21)17-9-5-13(2)19(22)20(17)23;1-13-3-7-15(8-4-13)17-11-12-18(20(22)19(17)21)16-9-5-14(2)6-10-16;1-9-3-6-11(7-4-9)12-8-5-10(2)13(15)14(12)16/h3-11H,1-2H3;3-12H,1-2H3;3-8H,1-2H3. The summed E-state index contributed by atoms with van der Waals surface area (Å²) in [7, 11) is 0. The molecule has 0 saturated heterocycles. The molecule has 0 saturated carbocycles. The molecule has 0 heterocycles. The minimum atomic E-state index is -0.951. The van der Waals surface area contributed by atoms with Crippen LogP contribution in [0.5, 0.6) is 0 Å². The van der Waals surface area contributed by atoms with Crippen LogP contribution in [0.1, 0.15) is 33.4 Å². The molecule has 308 valence electrons. The zero-order valence-corrected chi connectivity index (χ0v) is 34.6. The lowest BCUT2D eigenvalue weighted by molar-refractivity contribution is 0.505. The quantitative estimate of drug-likeness (QED) is 0.152. The van der Waals surface area contributed by atoms with Gasteiger partial charge in [0, 0.05) is 27.8 Å². The average molecular weight is 825 g/mol. The van der Waals surface area contributed by atoms with E-state index in [2.05, 4.69) is 0 Å². The molecule has 0 N–H and O–H groups in total. The van der Waals surface area contributed by atoms with E-state index in [9.17, 15) is 30.7 Å². The van der Waals surface area contributed by atoms with Crippen molar-refractivity contribution in [2.75, 3.05) is 0 Å². The summed E-state index contributed by atoms with van der Waals surface area (Å²) >= 11 is 0. The normalized spacial score (nSPS) is 10.7. The number of hydrogen-bond donors (Lipinski definition) is 0. The SMILES string of the molecule is Cc1ccc(-c2ccc(-c3ccc(C)c(F)c3F)cc2F)cc1.Cc1ccc(-c2ccc(-c3ccc(C)cc3)c(F)c2F)cc1.Cc1ccc(-c2ccc(C)c(F)c2F)cc1. The van der Waals surface area contributed by atoms with Gasteiger partial charge >= 0.3 is 0 Å². The van der Waals surface area contributed by atoms with Crippen molar-refractivity contribution in [3.05, 3.63) is 226 Å². The first-order chi connectivity index (χ1) is 29.1. The zero-order chi connectivity index (χ0) is 44.0. The van der Waals surface area contributed by atoms with Crippen LogP contribution in [0, 0.1) is 82.3 Å². The number of aryl methyl sites for hydroxylation is 6. The molecule has 0 atom stereocenters. The molecule has 7 heteroatoms. The van der Waals surface area contributed by atoms with E-state index >= 15 is 0 Å². The highest BCUT2D eigenvalue weighted by atomic mass is 19.2. The van der Waals surface area contributed by atoms with Crippen molar-refractivity contribution < 1.29 is 30.7 Å². The highest BCUT2D eigenvalue weighted by molar-refractivity contribution is 5.73. The summed E-state index contributed by atoms with van der Waals surface area (Å²) < 4.78 is 98.1. The lowest BCUT2D eigenvalue weighted by Gasteiger charge is -2.09. The first-order valence-electron chi connectivity index (χ1n) is 19.6. The smallest absolute Gasteiger partial charge is 0.167 e. The number of rotatable bonds is 5. The van der Waals surface area contributed by atoms with Crippen LogP contribution in [0.3, 0.4) is 0 Å².